The molecule has 0 saturated carbocycles. The zero-order valence-corrected chi connectivity index (χ0v) is 13.3. The first-order valence-corrected chi connectivity index (χ1v) is 7.93. The molecule has 1 fully saturated rings. The number of anilines is 1. The van der Waals surface area contributed by atoms with Gasteiger partial charge in [-0.25, -0.2) is 4.39 Å². The van der Waals surface area contributed by atoms with Gasteiger partial charge in [-0.3, -0.25) is 9.78 Å². The normalized spacial score (nSPS) is 16.5. The summed E-state index contributed by atoms with van der Waals surface area (Å²) in [6.07, 6.45) is 3.15. The smallest absolute Gasteiger partial charge is 0.267 e. The third-order valence-electron chi connectivity index (χ3n) is 4.53. The zero-order chi connectivity index (χ0) is 17.0. The van der Waals surface area contributed by atoms with Crippen LogP contribution in [0.2, 0.25) is 0 Å². The van der Waals surface area contributed by atoms with E-state index in [1.807, 2.05) is 6.07 Å². The van der Waals surface area contributed by atoms with Crippen molar-refractivity contribution in [3.05, 3.63) is 59.7 Å². The number of primary amides is 1. The van der Waals surface area contributed by atoms with Gasteiger partial charge in [0.15, 0.2) is 0 Å². The van der Waals surface area contributed by atoms with Gasteiger partial charge in [-0.1, -0.05) is 12.1 Å². The summed E-state index contributed by atoms with van der Waals surface area (Å²) in [5.41, 5.74) is 7.00. The molecule has 5 nitrogen and oxygen atoms in total. The van der Waals surface area contributed by atoms with Crippen LogP contribution in [0.5, 0.6) is 0 Å². The molecule has 0 aliphatic carbocycles. The van der Waals surface area contributed by atoms with Gasteiger partial charge in [0.1, 0.15) is 11.5 Å². The van der Waals surface area contributed by atoms with Gasteiger partial charge < -0.3 is 15.8 Å². The van der Waals surface area contributed by atoms with Crippen LogP contribution in [-0.2, 0) is 10.2 Å². The highest BCUT2D eigenvalue weighted by atomic mass is 19.1. The lowest BCUT2D eigenvalue weighted by molar-refractivity contribution is 0.0543. The average Bonchev–Trinajstić information content (AvgIpc) is 2.61. The second-order valence-electron chi connectivity index (χ2n) is 6.05. The molecule has 1 amide bonds. The van der Waals surface area contributed by atoms with Gasteiger partial charge in [0.25, 0.3) is 5.91 Å². The monoisotopic (exact) mass is 329 g/mol. The van der Waals surface area contributed by atoms with Crippen LogP contribution in [0.1, 0.15) is 28.9 Å². The molecule has 1 aliphatic heterocycles. The Labute approximate surface area is 140 Å². The number of hydrogen-bond acceptors (Lipinski definition) is 4. The van der Waals surface area contributed by atoms with E-state index in [9.17, 15) is 9.18 Å². The standard InChI is InChI=1S/C18H20FN3O2/c19-14-3-1-2-13(10-14)18(5-8-24-9-6-18)12-22-15-4-7-21-16(11-15)17(20)23/h1-4,7,10-11H,5-6,8-9,12H2,(H2,20,23)(H,21,22). The first-order chi connectivity index (χ1) is 11.6. The van der Waals surface area contributed by atoms with E-state index in [4.69, 9.17) is 10.5 Å². The van der Waals surface area contributed by atoms with Crippen molar-refractivity contribution >= 4 is 11.6 Å². The molecule has 1 aromatic heterocycles. The Morgan fingerprint density at radius 3 is 2.79 bits per heavy atom. The van der Waals surface area contributed by atoms with Gasteiger partial charge in [-0.2, -0.15) is 0 Å². The number of aromatic nitrogens is 1. The summed E-state index contributed by atoms with van der Waals surface area (Å²) in [6, 6.07) is 10.1. The number of pyridine rings is 1. The molecule has 3 rings (SSSR count). The van der Waals surface area contributed by atoms with E-state index in [0.29, 0.717) is 19.8 Å². The molecule has 126 valence electrons. The van der Waals surface area contributed by atoms with E-state index in [2.05, 4.69) is 10.3 Å². The third kappa shape index (κ3) is 3.54. The summed E-state index contributed by atoms with van der Waals surface area (Å²) in [6.45, 7) is 1.89. The molecule has 1 saturated heterocycles. The zero-order valence-electron chi connectivity index (χ0n) is 13.3. The largest absolute Gasteiger partial charge is 0.384 e. The lowest BCUT2D eigenvalue weighted by atomic mass is 9.74. The quantitative estimate of drug-likeness (QED) is 0.883. The fraction of sp³-hybridized carbons (Fsp3) is 0.333. The van der Waals surface area contributed by atoms with Crippen LogP contribution < -0.4 is 11.1 Å². The van der Waals surface area contributed by atoms with E-state index in [1.165, 1.54) is 6.07 Å². The Morgan fingerprint density at radius 2 is 2.08 bits per heavy atom. The number of ether oxygens (including phenoxy) is 1. The molecule has 6 heteroatoms. The summed E-state index contributed by atoms with van der Waals surface area (Å²) in [7, 11) is 0. The van der Waals surface area contributed by atoms with Crippen molar-refractivity contribution in [3.8, 4) is 0 Å². The van der Waals surface area contributed by atoms with Gasteiger partial charge in [0.05, 0.1) is 0 Å². The maximum Gasteiger partial charge on any atom is 0.267 e. The summed E-state index contributed by atoms with van der Waals surface area (Å²) >= 11 is 0. The number of rotatable bonds is 5. The van der Waals surface area contributed by atoms with Gasteiger partial charge in [-0.05, 0) is 42.7 Å². The van der Waals surface area contributed by atoms with Crippen LogP contribution in [0.3, 0.4) is 0 Å². The first kappa shape index (κ1) is 16.4. The maximum absolute atomic E-state index is 13.7. The Bertz CT molecular complexity index is 730. The highest BCUT2D eigenvalue weighted by Crippen LogP contribution is 2.35. The number of hydrogen-bond donors (Lipinski definition) is 2. The van der Waals surface area contributed by atoms with Crippen molar-refractivity contribution in [1.29, 1.82) is 0 Å². The maximum atomic E-state index is 13.7. The van der Waals surface area contributed by atoms with Gasteiger partial charge >= 0.3 is 0 Å². The predicted molar refractivity (Wildman–Crippen MR) is 89.4 cm³/mol. The van der Waals surface area contributed by atoms with Crippen LogP contribution in [0.4, 0.5) is 10.1 Å². The van der Waals surface area contributed by atoms with Crippen molar-refractivity contribution in [2.24, 2.45) is 5.73 Å². The number of benzene rings is 1. The predicted octanol–water partition coefficient (Wildman–Crippen LogP) is 2.48. The van der Waals surface area contributed by atoms with Crippen molar-refractivity contribution in [1.82, 2.24) is 4.98 Å². The number of nitrogens with one attached hydrogen (secondary N) is 1. The van der Waals surface area contributed by atoms with E-state index in [1.54, 1.807) is 30.5 Å². The van der Waals surface area contributed by atoms with E-state index in [0.717, 1.165) is 24.1 Å². The molecular formula is C18H20FN3O2. The fourth-order valence-electron chi connectivity index (χ4n) is 3.09. The highest BCUT2D eigenvalue weighted by molar-refractivity contribution is 5.91. The fourth-order valence-corrected chi connectivity index (χ4v) is 3.09. The van der Waals surface area contributed by atoms with E-state index < -0.39 is 5.91 Å². The Balaban J connectivity index is 1.83. The molecule has 24 heavy (non-hydrogen) atoms. The number of nitrogens with two attached hydrogens (primary N) is 1. The van der Waals surface area contributed by atoms with Crippen LogP contribution in [0.25, 0.3) is 0 Å². The number of carbonyl (C=O) groups excluding carboxylic acids is 1. The highest BCUT2D eigenvalue weighted by Gasteiger charge is 2.34. The lowest BCUT2D eigenvalue weighted by Gasteiger charge is -2.38. The van der Waals surface area contributed by atoms with Crippen LogP contribution in [-0.4, -0.2) is 30.6 Å². The minimum absolute atomic E-state index is 0.212. The second-order valence-corrected chi connectivity index (χ2v) is 6.05. The first-order valence-electron chi connectivity index (χ1n) is 7.93. The van der Waals surface area contributed by atoms with Gasteiger partial charge in [0, 0.05) is 37.1 Å². The van der Waals surface area contributed by atoms with Crippen molar-refractivity contribution < 1.29 is 13.9 Å². The van der Waals surface area contributed by atoms with Gasteiger partial charge in [-0.15, -0.1) is 0 Å². The van der Waals surface area contributed by atoms with Crippen molar-refractivity contribution in [2.75, 3.05) is 25.1 Å². The molecule has 1 aliphatic rings. The average molecular weight is 329 g/mol. The molecule has 2 aromatic rings. The van der Waals surface area contributed by atoms with Crippen LogP contribution in [0, 0.1) is 5.82 Å². The molecule has 0 spiro atoms. The van der Waals surface area contributed by atoms with Crippen molar-refractivity contribution in [3.63, 3.8) is 0 Å². The van der Waals surface area contributed by atoms with Crippen molar-refractivity contribution in [2.45, 2.75) is 18.3 Å². The number of halogens is 1. The molecular weight excluding hydrogens is 309 g/mol. The summed E-state index contributed by atoms with van der Waals surface area (Å²) in [5, 5.41) is 3.34. The van der Waals surface area contributed by atoms with Crippen LogP contribution >= 0.6 is 0 Å². The molecule has 1 aromatic carbocycles. The SMILES string of the molecule is NC(=O)c1cc(NCC2(c3cccc(F)c3)CCOCC2)ccn1. The molecule has 0 radical (unpaired) electrons. The summed E-state index contributed by atoms with van der Waals surface area (Å²) in [5.74, 6) is -0.803. The second kappa shape index (κ2) is 6.97. The lowest BCUT2D eigenvalue weighted by Crippen LogP contribution is -2.40. The van der Waals surface area contributed by atoms with E-state index in [-0.39, 0.29) is 16.9 Å². The minimum atomic E-state index is -0.565. The van der Waals surface area contributed by atoms with E-state index >= 15 is 0 Å². The number of amides is 1. The topological polar surface area (TPSA) is 77.2 Å². The molecule has 2 heterocycles. The molecule has 0 atom stereocenters. The minimum Gasteiger partial charge on any atom is -0.384 e. The number of carbonyl (C=O) groups is 1. The molecule has 3 N–H and O–H groups in total. The number of nitrogens with zero attached hydrogens (tertiary/aromatic N) is 1. The Kier molecular flexibility index (Phi) is 4.76. The summed E-state index contributed by atoms with van der Waals surface area (Å²) < 4.78 is 19.2. The third-order valence-corrected chi connectivity index (χ3v) is 4.53. The van der Waals surface area contributed by atoms with Crippen LogP contribution in [0.15, 0.2) is 42.6 Å². The molecule has 0 unspecified atom stereocenters. The molecule has 0 bridgehead atoms. The Hall–Kier alpha value is -2.47. The van der Waals surface area contributed by atoms with Gasteiger partial charge in [0.2, 0.25) is 0 Å². The Morgan fingerprint density at radius 1 is 1.29 bits per heavy atom. The summed E-state index contributed by atoms with van der Waals surface area (Å²) in [4.78, 5) is 15.2.